The van der Waals surface area contributed by atoms with Crippen molar-refractivity contribution in [2.45, 2.75) is 25.5 Å². The third-order valence-electron chi connectivity index (χ3n) is 3.82. The predicted molar refractivity (Wildman–Crippen MR) is 87.7 cm³/mol. The van der Waals surface area contributed by atoms with Crippen LogP contribution >= 0.6 is 11.6 Å². The molecule has 0 aromatic heterocycles. The minimum absolute atomic E-state index is 0.0146. The summed E-state index contributed by atoms with van der Waals surface area (Å²) in [6.07, 6.45) is 1.52. The first-order valence-electron chi connectivity index (χ1n) is 7.46. The Morgan fingerprint density at radius 3 is 2.32 bits per heavy atom. The van der Waals surface area contributed by atoms with Gasteiger partial charge in [0.2, 0.25) is 5.91 Å². The SMILES string of the molecule is O=C(NCc1ccc(-c2ccc(Cl)cc2)cc1)C1CCCO1. The Morgan fingerprint density at radius 1 is 1.09 bits per heavy atom. The van der Waals surface area contributed by atoms with Crippen LogP contribution in [0.25, 0.3) is 11.1 Å². The van der Waals surface area contributed by atoms with Crippen LogP contribution in [0.4, 0.5) is 0 Å². The van der Waals surface area contributed by atoms with E-state index in [0.717, 1.165) is 34.6 Å². The molecule has 114 valence electrons. The van der Waals surface area contributed by atoms with Crippen LogP contribution in [0.15, 0.2) is 48.5 Å². The van der Waals surface area contributed by atoms with E-state index in [2.05, 4.69) is 17.4 Å². The zero-order chi connectivity index (χ0) is 15.4. The Morgan fingerprint density at radius 2 is 1.73 bits per heavy atom. The van der Waals surface area contributed by atoms with E-state index in [-0.39, 0.29) is 12.0 Å². The number of halogens is 1. The van der Waals surface area contributed by atoms with Gasteiger partial charge in [-0.05, 0) is 41.7 Å². The smallest absolute Gasteiger partial charge is 0.249 e. The molecule has 22 heavy (non-hydrogen) atoms. The highest BCUT2D eigenvalue weighted by Gasteiger charge is 2.22. The van der Waals surface area contributed by atoms with Gasteiger partial charge in [0.15, 0.2) is 0 Å². The van der Waals surface area contributed by atoms with Crippen molar-refractivity contribution in [2.75, 3.05) is 6.61 Å². The molecule has 1 aliphatic rings. The van der Waals surface area contributed by atoms with Crippen molar-refractivity contribution in [3.05, 3.63) is 59.1 Å². The summed E-state index contributed by atoms with van der Waals surface area (Å²) >= 11 is 5.90. The van der Waals surface area contributed by atoms with E-state index in [0.29, 0.717) is 13.2 Å². The van der Waals surface area contributed by atoms with Gasteiger partial charge >= 0.3 is 0 Å². The summed E-state index contributed by atoms with van der Waals surface area (Å²) in [5.74, 6) is -0.0146. The zero-order valence-corrected chi connectivity index (χ0v) is 13.0. The normalized spacial score (nSPS) is 17.4. The van der Waals surface area contributed by atoms with Crippen molar-refractivity contribution < 1.29 is 9.53 Å². The number of hydrogen-bond acceptors (Lipinski definition) is 2. The largest absolute Gasteiger partial charge is 0.368 e. The predicted octanol–water partition coefficient (Wildman–Crippen LogP) is 3.80. The quantitative estimate of drug-likeness (QED) is 0.932. The maximum absolute atomic E-state index is 11.9. The van der Waals surface area contributed by atoms with Crippen molar-refractivity contribution in [2.24, 2.45) is 0 Å². The molecule has 4 heteroatoms. The summed E-state index contributed by atoms with van der Waals surface area (Å²) < 4.78 is 5.37. The van der Waals surface area contributed by atoms with Crippen molar-refractivity contribution in [1.29, 1.82) is 0 Å². The van der Waals surface area contributed by atoms with E-state index in [1.807, 2.05) is 36.4 Å². The van der Waals surface area contributed by atoms with E-state index in [9.17, 15) is 4.79 Å². The first kappa shape index (κ1) is 15.1. The molecule has 0 radical (unpaired) electrons. The molecule has 1 unspecified atom stereocenters. The van der Waals surface area contributed by atoms with E-state index < -0.39 is 0 Å². The van der Waals surface area contributed by atoms with Crippen molar-refractivity contribution in [1.82, 2.24) is 5.32 Å². The first-order valence-corrected chi connectivity index (χ1v) is 7.84. The first-order chi connectivity index (χ1) is 10.7. The van der Waals surface area contributed by atoms with E-state index in [4.69, 9.17) is 16.3 Å². The van der Waals surface area contributed by atoms with Crippen LogP contribution in [0.1, 0.15) is 18.4 Å². The topological polar surface area (TPSA) is 38.3 Å². The number of benzene rings is 2. The molecule has 1 N–H and O–H groups in total. The van der Waals surface area contributed by atoms with Gasteiger partial charge in [-0.2, -0.15) is 0 Å². The molecule has 1 saturated heterocycles. The van der Waals surface area contributed by atoms with Crippen molar-refractivity contribution in [3.8, 4) is 11.1 Å². The highest BCUT2D eigenvalue weighted by molar-refractivity contribution is 6.30. The monoisotopic (exact) mass is 315 g/mol. The summed E-state index contributed by atoms with van der Waals surface area (Å²) in [5.41, 5.74) is 3.33. The summed E-state index contributed by atoms with van der Waals surface area (Å²) in [7, 11) is 0. The van der Waals surface area contributed by atoms with Gasteiger partial charge in [-0.25, -0.2) is 0 Å². The second-order valence-electron chi connectivity index (χ2n) is 5.42. The van der Waals surface area contributed by atoms with Crippen LogP contribution in [-0.4, -0.2) is 18.6 Å². The number of nitrogens with one attached hydrogen (secondary N) is 1. The zero-order valence-electron chi connectivity index (χ0n) is 12.2. The average Bonchev–Trinajstić information content (AvgIpc) is 3.08. The molecular weight excluding hydrogens is 298 g/mol. The fourth-order valence-electron chi connectivity index (χ4n) is 2.54. The lowest BCUT2D eigenvalue weighted by Gasteiger charge is -2.10. The van der Waals surface area contributed by atoms with Crippen molar-refractivity contribution in [3.63, 3.8) is 0 Å². The minimum atomic E-state index is -0.270. The fraction of sp³-hybridized carbons (Fsp3) is 0.278. The number of carbonyl (C=O) groups excluding carboxylic acids is 1. The molecule has 1 amide bonds. The van der Waals surface area contributed by atoms with Gasteiger partial charge in [0.05, 0.1) is 0 Å². The molecule has 0 bridgehead atoms. The fourth-order valence-corrected chi connectivity index (χ4v) is 2.67. The lowest BCUT2D eigenvalue weighted by Crippen LogP contribution is -2.33. The Kier molecular flexibility index (Phi) is 4.76. The molecule has 1 aliphatic heterocycles. The van der Waals surface area contributed by atoms with Gasteiger partial charge in [-0.3, -0.25) is 4.79 Å². The maximum atomic E-state index is 11.9. The number of hydrogen-bond donors (Lipinski definition) is 1. The van der Waals surface area contributed by atoms with Crippen LogP contribution in [0, 0.1) is 0 Å². The molecule has 0 spiro atoms. The number of rotatable bonds is 4. The number of ether oxygens (including phenoxy) is 1. The third kappa shape index (κ3) is 3.67. The van der Waals surface area contributed by atoms with Gasteiger partial charge < -0.3 is 10.1 Å². The van der Waals surface area contributed by atoms with Gasteiger partial charge in [-0.1, -0.05) is 48.0 Å². The molecule has 3 rings (SSSR count). The Labute approximate surface area is 135 Å². The van der Waals surface area contributed by atoms with Crippen LogP contribution in [0.5, 0.6) is 0 Å². The van der Waals surface area contributed by atoms with E-state index in [1.165, 1.54) is 0 Å². The third-order valence-corrected chi connectivity index (χ3v) is 4.07. The molecule has 0 saturated carbocycles. The van der Waals surface area contributed by atoms with Crippen LogP contribution in [-0.2, 0) is 16.1 Å². The molecule has 1 fully saturated rings. The van der Waals surface area contributed by atoms with Gasteiger partial charge in [-0.15, -0.1) is 0 Å². The average molecular weight is 316 g/mol. The molecule has 1 atom stereocenters. The molecular formula is C18H18ClNO2. The lowest BCUT2D eigenvalue weighted by molar-refractivity contribution is -0.130. The summed E-state index contributed by atoms with van der Waals surface area (Å²) in [5, 5.41) is 3.66. The summed E-state index contributed by atoms with van der Waals surface area (Å²) in [6.45, 7) is 1.22. The van der Waals surface area contributed by atoms with Crippen LogP contribution in [0.2, 0.25) is 5.02 Å². The second-order valence-corrected chi connectivity index (χ2v) is 5.86. The van der Waals surface area contributed by atoms with Crippen molar-refractivity contribution >= 4 is 17.5 Å². The van der Waals surface area contributed by atoms with E-state index >= 15 is 0 Å². The minimum Gasteiger partial charge on any atom is -0.368 e. The molecule has 3 nitrogen and oxygen atoms in total. The van der Waals surface area contributed by atoms with Gasteiger partial charge in [0.1, 0.15) is 6.10 Å². The number of carbonyl (C=O) groups is 1. The Balaban J connectivity index is 1.59. The Hall–Kier alpha value is -1.84. The Bertz CT molecular complexity index is 631. The van der Waals surface area contributed by atoms with E-state index in [1.54, 1.807) is 0 Å². The molecule has 2 aromatic rings. The van der Waals surface area contributed by atoms with Crippen LogP contribution < -0.4 is 5.32 Å². The molecule has 2 aromatic carbocycles. The highest BCUT2D eigenvalue weighted by Crippen LogP contribution is 2.22. The van der Waals surface area contributed by atoms with Gasteiger partial charge in [0, 0.05) is 18.2 Å². The number of amides is 1. The summed E-state index contributed by atoms with van der Waals surface area (Å²) in [6, 6.07) is 15.9. The second kappa shape index (κ2) is 6.95. The highest BCUT2D eigenvalue weighted by atomic mass is 35.5. The maximum Gasteiger partial charge on any atom is 0.249 e. The van der Waals surface area contributed by atoms with Crippen LogP contribution in [0.3, 0.4) is 0 Å². The lowest BCUT2D eigenvalue weighted by atomic mass is 10.0. The molecule has 1 heterocycles. The van der Waals surface area contributed by atoms with Gasteiger partial charge in [0.25, 0.3) is 0 Å². The molecule has 0 aliphatic carbocycles. The standard InChI is InChI=1S/C18H18ClNO2/c19-16-9-7-15(8-10-16)14-5-3-13(4-6-14)12-20-18(21)17-2-1-11-22-17/h3-10,17H,1-2,11-12H2,(H,20,21). The summed E-state index contributed by atoms with van der Waals surface area (Å²) in [4.78, 5) is 11.9.